The number of hydrogen-bond acceptors (Lipinski definition) is 12. The maximum absolute atomic E-state index is 12.2. The van der Waals surface area contributed by atoms with Crippen molar-refractivity contribution in [2.45, 2.75) is 63.9 Å². The van der Waals surface area contributed by atoms with E-state index in [4.69, 9.17) is 21.3 Å². The Morgan fingerprint density at radius 1 is 1.00 bits per heavy atom. The molecule has 8 N–H and O–H groups in total. The molecule has 4 rings (SSSR count). The second-order valence-electron chi connectivity index (χ2n) is 12.9. The molecule has 1 aliphatic heterocycles. The van der Waals surface area contributed by atoms with Crippen LogP contribution in [0.25, 0.3) is 11.0 Å². The normalized spacial score (nSPS) is 15.1. The van der Waals surface area contributed by atoms with Gasteiger partial charge in [-0.15, -0.1) is 11.8 Å². The van der Waals surface area contributed by atoms with Gasteiger partial charge in [-0.25, -0.2) is 4.98 Å². The minimum atomic E-state index is -1.21. The molecule has 2 atom stereocenters. The van der Waals surface area contributed by atoms with E-state index >= 15 is 0 Å². The van der Waals surface area contributed by atoms with E-state index < -0.39 is 29.1 Å². The highest BCUT2D eigenvalue weighted by molar-refractivity contribution is 8.00. The summed E-state index contributed by atoms with van der Waals surface area (Å²) in [5.41, 5.74) is 17.0. The lowest BCUT2D eigenvalue weighted by Gasteiger charge is -2.34. The number of carbonyl (C=O) groups excluding carboxylic acids is 1. The first kappa shape index (κ1) is 39.8. The number of carbonyl (C=O) groups is 3. The van der Waals surface area contributed by atoms with Crippen LogP contribution in [0, 0.1) is 6.92 Å². The molecule has 1 amide bonds. The van der Waals surface area contributed by atoms with Crippen LogP contribution in [0.4, 0.5) is 11.8 Å². The van der Waals surface area contributed by atoms with Crippen molar-refractivity contribution in [2.75, 3.05) is 75.8 Å². The summed E-state index contributed by atoms with van der Waals surface area (Å²) in [5.74, 6) is -1.86. The van der Waals surface area contributed by atoms with Crippen LogP contribution < -0.4 is 22.1 Å². The van der Waals surface area contributed by atoms with Crippen LogP contribution in [0.15, 0.2) is 30.5 Å². The number of carboxylic acids is 2. The Bertz CT molecular complexity index is 1600. The number of nitrogens with one attached hydrogen (secondary N) is 2. The van der Waals surface area contributed by atoms with Gasteiger partial charge >= 0.3 is 11.9 Å². The Labute approximate surface area is 303 Å². The molecule has 15 nitrogen and oxygen atoms in total. The second-order valence-corrected chi connectivity index (χ2v) is 14.1. The molecule has 280 valence electrons. The van der Waals surface area contributed by atoms with Gasteiger partial charge in [-0.05, 0) is 36.1 Å². The van der Waals surface area contributed by atoms with E-state index in [1.807, 2.05) is 6.07 Å². The van der Waals surface area contributed by atoms with Crippen LogP contribution in [-0.4, -0.2) is 128 Å². The fraction of sp³-hybridized carbons (Fsp3) is 0.571. The molecule has 3 heterocycles. The third kappa shape index (κ3) is 12.6. The number of nitrogens with two attached hydrogens (primary N) is 2. The van der Waals surface area contributed by atoms with Crippen molar-refractivity contribution in [3.8, 4) is 0 Å². The molecule has 0 unspecified atom stereocenters. The molecule has 0 spiro atoms. The predicted molar refractivity (Wildman–Crippen MR) is 200 cm³/mol. The van der Waals surface area contributed by atoms with Crippen molar-refractivity contribution in [2.24, 2.45) is 5.73 Å². The van der Waals surface area contributed by atoms with Gasteiger partial charge in [0.1, 0.15) is 16.8 Å². The highest BCUT2D eigenvalue weighted by Crippen LogP contribution is 2.25. The quantitative estimate of drug-likeness (QED) is 0.0820. The molecule has 1 aromatic carbocycles. The molecule has 1 saturated heterocycles. The molecule has 0 radical (unpaired) electrons. The van der Waals surface area contributed by atoms with E-state index in [1.165, 1.54) is 16.7 Å². The van der Waals surface area contributed by atoms with Crippen LogP contribution in [0.2, 0.25) is 0 Å². The highest BCUT2D eigenvalue weighted by atomic mass is 32.2. The van der Waals surface area contributed by atoms with Gasteiger partial charge in [-0.1, -0.05) is 38.0 Å². The molecule has 2 aromatic heterocycles. The number of hydrogen-bond donors (Lipinski definition) is 6. The summed E-state index contributed by atoms with van der Waals surface area (Å²) in [4.78, 5) is 48.2. The van der Waals surface area contributed by atoms with Gasteiger partial charge in [0.15, 0.2) is 5.82 Å². The molecule has 16 heteroatoms. The Morgan fingerprint density at radius 3 is 2.47 bits per heavy atom. The van der Waals surface area contributed by atoms with E-state index in [1.54, 1.807) is 0 Å². The molecule has 1 aliphatic rings. The smallest absolute Gasteiger partial charge is 0.321 e. The van der Waals surface area contributed by atoms with Crippen LogP contribution in [-0.2, 0) is 32.2 Å². The molecule has 0 aliphatic carbocycles. The van der Waals surface area contributed by atoms with E-state index in [9.17, 15) is 19.5 Å². The lowest BCUT2D eigenvalue weighted by molar-refractivity contribution is -0.139. The average Bonchev–Trinajstić information content (AvgIpc) is 3.50. The topological polar surface area (TPSA) is 214 Å². The first-order valence-corrected chi connectivity index (χ1v) is 18.7. The van der Waals surface area contributed by atoms with Crippen LogP contribution in [0.3, 0.4) is 0 Å². The lowest BCUT2D eigenvalue weighted by Crippen LogP contribution is -2.46. The van der Waals surface area contributed by atoms with Crippen molar-refractivity contribution >= 4 is 52.4 Å². The Kier molecular flexibility index (Phi) is 15.8. The number of benzene rings is 1. The van der Waals surface area contributed by atoms with E-state index in [2.05, 4.69) is 73.2 Å². The van der Waals surface area contributed by atoms with Gasteiger partial charge in [-0.2, -0.15) is 4.98 Å². The summed E-state index contributed by atoms with van der Waals surface area (Å²) in [6, 6.07) is 7.54. The summed E-state index contributed by atoms with van der Waals surface area (Å²) in [6.45, 7) is 12.5. The van der Waals surface area contributed by atoms with E-state index in [0.29, 0.717) is 13.2 Å². The number of nitrogen functional groups attached to an aromatic ring is 1. The monoisotopic (exact) mass is 727 g/mol. The number of anilines is 2. The molecule has 0 bridgehead atoms. The fourth-order valence-corrected chi connectivity index (χ4v) is 6.91. The number of carboxylic acid groups (broad SMARTS) is 2. The Morgan fingerprint density at radius 2 is 1.76 bits per heavy atom. The maximum Gasteiger partial charge on any atom is 0.321 e. The molecular formula is C35H53N9O6S. The number of rotatable bonds is 22. The number of unbranched alkanes of at least 4 members (excludes halogenated alkanes) is 2. The first-order chi connectivity index (χ1) is 24.5. The number of aliphatic carboxylic acids is 2. The Balaban J connectivity index is 1.14. The highest BCUT2D eigenvalue weighted by Gasteiger charge is 2.24. The third-order valence-corrected chi connectivity index (χ3v) is 10.2. The van der Waals surface area contributed by atoms with Crippen molar-refractivity contribution in [3.63, 3.8) is 0 Å². The Hall–Kier alpha value is -3.96. The summed E-state index contributed by atoms with van der Waals surface area (Å²) in [5, 5.41) is 23.3. The number of nitrogens with zero attached hydrogens (tertiary/aromatic N) is 5. The van der Waals surface area contributed by atoms with Crippen molar-refractivity contribution < 1.29 is 29.3 Å². The van der Waals surface area contributed by atoms with Gasteiger partial charge in [-0.3, -0.25) is 24.2 Å². The second kappa shape index (κ2) is 20.2. The van der Waals surface area contributed by atoms with Gasteiger partial charge < -0.3 is 41.6 Å². The number of thioether (sulfide) groups is 1. The summed E-state index contributed by atoms with van der Waals surface area (Å²) in [6.07, 6.45) is 5.19. The number of aromatic nitrogens is 3. The van der Waals surface area contributed by atoms with Crippen LogP contribution in [0.1, 0.15) is 49.3 Å². The number of aryl methyl sites for hydroxylation is 1. The fourth-order valence-electron chi connectivity index (χ4n) is 5.92. The largest absolute Gasteiger partial charge is 0.480 e. The zero-order chi connectivity index (χ0) is 36.8. The number of ether oxygens (including phenoxy) is 1. The number of amides is 1. The summed E-state index contributed by atoms with van der Waals surface area (Å²) < 4.78 is 7.89. The summed E-state index contributed by atoms with van der Waals surface area (Å²) in [7, 11) is 0. The number of fused-ring (bicyclic) bond motifs is 1. The molecule has 1 fully saturated rings. The van der Waals surface area contributed by atoms with Gasteiger partial charge in [0.25, 0.3) is 0 Å². The number of piperazine rings is 1. The van der Waals surface area contributed by atoms with Crippen molar-refractivity contribution in [1.82, 2.24) is 29.7 Å². The molecule has 51 heavy (non-hydrogen) atoms. The average molecular weight is 728 g/mol. The molecular weight excluding hydrogens is 675 g/mol. The van der Waals surface area contributed by atoms with Gasteiger partial charge in [0, 0.05) is 77.3 Å². The zero-order valence-electron chi connectivity index (χ0n) is 29.7. The van der Waals surface area contributed by atoms with Gasteiger partial charge in [0.2, 0.25) is 11.9 Å². The first-order valence-electron chi connectivity index (χ1n) is 17.6. The van der Waals surface area contributed by atoms with Crippen molar-refractivity contribution in [3.05, 3.63) is 47.2 Å². The van der Waals surface area contributed by atoms with Crippen LogP contribution in [0.5, 0.6) is 0 Å². The SMILES string of the molecule is CCCCCNc1nc(N)nc2ccn(Cc3ccc(CN4CCN(CCOCCNC(=O)C[C@H](SC[C@H](N)C(=O)O)C(=O)O)CC4)cc3C)c12. The minimum Gasteiger partial charge on any atom is -0.480 e. The van der Waals surface area contributed by atoms with Crippen molar-refractivity contribution in [1.29, 1.82) is 0 Å². The lowest BCUT2D eigenvalue weighted by atomic mass is 10.0. The van der Waals surface area contributed by atoms with Gasteiger partial charge in [0.05, 0.1) is 18.7 Å². The predicted octanol–water partition coefficient (Wildman–Crippen LogP) is 2.21. The van der Waals surface area contributed by atoms with E-state index in [-0.39, 0.29) is 24.7 Å². The minimum absolute atomic E-state index is 0.0940. The van der Waals surface area contributed by atoms with Crippen LogP contribution >= 0.6 is 11.8 Å². The standard InChI is InChI=1S/C35H53N9O6S/c1-3-4-5-9-39-32-31-28(40-35(37)41-32)8-11-44(31)22-26-7-6-25(19-24(26)2)21-43-14-12-42(13-15-43)16-18-50-17-10-38-30(45)20-29(34(48)49)51-23-27(36)33(46)47/h6-8,11,19,27,29H,3-5,9-10,12-18,20-23,36H2,1-2H3,(H,38,45)(H,46,47)(H,48,49)(H3,37,39,40,41)/t27-,29-/m0/s1. The third-order valence-electron chi connectivity index (χ3n) is 8.88. The maximum atomic E-state index is 12.2. The summed E-state index contributed by atoms with van der Waals surface area (Å²) >= 11 is 0.847. The molecule has 0 saturated carbocycles. The zero-order valence-corrected chi connectivity index (χ0v) is 30.5. The molecule has 3 aromatic rings. The van der Waals surface area contributed by atoms with E-state index in [0.717, 1.165) is 100 Å².